The zero-order chi connectivity index (χ0) is 22.3. The fourth-order valence-corrected chi connectivity index (χ4v) is 4.14. The van der Waals surface area contributed by atoms with Crippen LogP contribution >= 0.6 is 0 Å². The Morgan fingerprint density at radius 3 is 2.94 bits per heavy atom. The Balaban J connectivity index is 1.56. The van der Waals surface area contributed by atoms with Crippen molar-refractivity contribution in [3.8, 4) is 5.75 Å². The maximum atomic E-state index is 5.90. The van der Waals surface area contributed by atoms with Gasteiger partial charge in [0.15, 0.2) is 11.5 Å². The van der Waals surface area contributed by atoms with E-state index in [9.17, 15) is 0 Å². The third-order valence-electron chi connectivity index (χ3n) is 5.84. The minimum Gasteiger partial charge on any atom is -0.496 e. The third-order valence-corrected chi connectivity index (χ3v) is 5.84. The number of hydrogen-bond acceptors (Lipinski definition) is 8. The summed E-state index contributed by atoms with van der Waals surface area (Å²) in [6.07, 6.45) is 5.14. The van der Waals surface area contributed by atoms with E-state index in [2.05, 4.69) is 60.2 Å². The summed E-state index contributed by atoms with van der Waals surface area (Å²) in [5, 5.41) is 6.86. The van der Waals surface area contributed by atoms with Crippen molar-refractivity contribution in [2.45, 2.75) is 39.3 Å². The minimum absolute atomic E-state index is 0.229. The van der Waals surface area contributed by atoms with Gasteiger partial charge in [-0.15, -0.1) is 0 Å². The number of unbranched alkanes of at least 4 members (excludes halogenated alkanes) is 1. The number of aromatic nitrogens is 4. The van der Waals surface area contributed by atoms with Crippen LogP contribution in [0.1, 0.15) is 37.3 Å². The van der Waals surface area contributed by atoms with E-state index in [0.29, 0.717) is 12.2 Å². The molecule has 0 spiro atoms. The highest BCUT2D eigenvalue weighted by molar-refractivity contribution is 5.84. The molecule has 4 rings (SSSR count). The molecule has 9 heteroatoms. The fraction of sp³-hybridized carbons (Fsp3) is 0.522. The first kappa shape index (κ1) is 22.3. The molecule has 1 saturated heterocycles. The Hall–Kier alpha value is -2.91. The number of ether oxygens (including phenoxy) is 1. The fourth-order valence-electron chi connectivity index (χ4n) is 4.14. The average molecular weight is 439 g/mol. The summed E-state index contributed by atoms with van der Waals surface area (Å²) < 4.78 is 7.81. The molecule has 172 valence electrons. The van der Waals surface area contributed by atoms with Crippen LogP contribution < -0.4 is 21.1 Å². The maximum absolute atomic E-state index is 5.90. The van der Waals surface area contributed by atoms with Crippen molar-refractivity contribution in [3.63, 3.8) is 0 Å². The van der Waals surface area contributed by atoms with Crippen molar-refractivity contribution in [1.82, 2.24) is 29.7 Å². The van der Waals surface area contributed by atoms with Gasteiger partial charge >= 0.3 is 0 Å². The molecule has 0 bridgehead atoms. The molecule has 2 aromatic heterocycles. The Labute approximate surface area is 189 Å². The topological polar surface area (TPSA) is 106 Å². The maximum Gasteiger partial charge on any atom is 0.224 e. The van der Waals surface area contributed by atoms with Gasteiger partial charge in [0.1, 0.15) is 11.3 Å². The highest BCUT2D eigenvalue weighted by Gasteiger charge is 2.15. The lowest BCUT2D eigenvalue weighted by Gasteiger charge is -2.20. The van der Waals surface area contributed by atoms with Crippen LogP contribution in [0.15, 0.2) is 24.5 Å². The number of hydrogen-bond donors (Lipinski definition) is 3. The normalized spacial score (nSPS) is 15.1. The van der Waals surface area contributed by atoms with Crippen LogP contribution in [-0.4, -0.2) is 64.3 Å². The number of nitrogen functional groups attached to an aromatic ring is 1. The predicted molar refractivity (Wildman–Crippen MR) is 128 cm³/mol. The van der Waals surface area contributed by atoms with Crippen molar-refractivity contribution in [3.05, 3.63) is 35.7 Å². The molecule has 0 radical (unpaired) electrons. The number of benzene rings is 1. The molecule has 0 unspecified atom stereocenters. The average Bonchev–Trinajstić information content (AvgIpc) is 3.01. The van der Waals surface area contributed by atoms with Gasteiger partial charge in [-0.1, -0.05) is 25.5 Å². The zero-order valence-corrected chi connectivity index (χ0v) is 19.1. The van der Waals surface area contributed by atoms with E-state index in [1.54, 1.807) is 13.4 Å². The highest BCUT2D eigenvalue weighted by Crippen LogP contribution is 2.26. The van der Waals surface area contributed by atoms with Gasteiger partial charge in [0.05, 0.1) is 20.0 Å². The first-order chi connectivity index (χ1) is 15.7. The standard InChI is InChI=1S/C23H34N8O/c1-3-4-9-26-21-20-22(29-23(24)28-21)27-16-31(20)15-18-7-6-17(13-19(18)32-2)14-30-11-5-8-25-10-12-30/h6-7,13,16,25H,3-5,8-12,14-15H2,1-2H3,(H3,24,26,28,29). The third kappa shape index (κ3) is 5.28. The molecule has 0 aliphatic carbocycles. The van der Waals surface area contributed by atoms with Gasteiger partial charge in [0.25, 0.3) is 0 Å². The monoisotopic (exact) mass is 438 g/mol. The second-order valence-corrected chi connectivity index (χ2v) is 8.28. The van der Waals surface area contributed by atoms with Gasteiger partial charge in [-0.25, -0.2) is 4.98 Å². The molecule has 4 N–H and O–H groups in total. The summed E-state index contributed by atoms with van der Waals surface area (Å²) in [5.41, 5.74) is 9.71. The van der Waals surface area contributed by atoms with Crippen molar-refractivity contribution in [2.24, 2.45) is 0 Å². The van der Waals surface area contributed by atoms with Crippen molar-refractivity contribution < 1.29 is 4.74 Å². The van der Waals surface area contributed by atoms with Crippen molar-refractivity contribution in [2.75, 3.05) is 50.9 Å². The summed E-state index contributed by atoms with van der Waals surface area (Å²) in [5.74, 6) is 1.84. The van der Waals surface area contributed by atoms with Gasteiger partial charge in [0.2, 0.25) is 5.95 Å². The smallest absolute Gasteiger partial charge is 0.224 e. The van der Waals surface area contributed by atoms with Crippen LogP contribution in [0.5, 0.6) is 5.75 Å². The van der Waals surface area contributed by atoms with E-state index in [1.807, 2.05) is 0 Å². The number of fused-ring (bicyclic) bond motifs is 1. The van der Waals surface area contributed by atoms with Gasteiger partial charge < -0.3 is 25.7 Å². The van der Waals surface area contributed by atoms with Gasteiger partial charge in [0, 0.05) is 31.7 Å². The molecule has 1 aliphatic rings. The zero-order valence-electron chi connectivity index (χ0n) is 19.1. The lowest BCUT2D eigenvalue weighted by molar-refractivity contribution is 0.284. The molecular weight excluding hydrogens is 404 g/mol. The second kappa shape index (κ2) is 10.6. The number of nitrogens with zero attached hydrogens (tertiary/aromatic N) is 5. The Morgan fingerprint density at radius 1 is 1.19 bits per heavy atom. The Kier molecular flexibility index (Phi) is 7.39. The number of anilines is 2. The lowest BCUT2D eigenvalue weighted by Crippen LogP contribution is -2.27. The van der Waals surface area contributed by atoms with E-state index >= 15 is 0 Å². The molecule has 3 aromatic rings. The molecule has 0 amide bonds. The molecular formula is C23H34N8O. The lowest BCUT2D eigenvalue weighted by atomic mass is 10.1. The van der Waals surface area contributed by atoms with Crippen LogP contribution in [0.2, 0.25) is 0 Å². The van der Waals surface area contributed by atoms with Crippen LogP contribution in [0.4, 0.5) is 11.8 Å². The van der Waals surface area contributed by atoms with Gasteiger partial charge in [-0.2, -0.15) is 9.97 Å². The van der Waals surface area contributed by atoms with Gasteiger partial charge in [-0.05, 0) is 37.6 Å². The van der Waals surface area contributed by atoms with E-state index in [1.165, 1.54) is 12.0 Å². The van der Waals surface area contributed by atoms with Gasteiger partial charge in [-0.3, -0.25) is 4.90 Å². The summed E-state index contributed by atoms with van der Waals surface area (Å²) in [7, 11) is 1.73. The summed E-state index contributed by atoms with van der Waals surface area (Å²) >= 11 is 0. The van der Waals surface area contributed by atoms with Crippen molar-refractivity contribution in [1.29, 1.82) is 0 Å². The predicted octanol–water partition coefficient (Wildman–Crippen LogP) is 2.47. The largest absolute Gasteiger partial charge is 0.496 e. The minimum atomic E-state index is 0.229. The van der Waals surface area contributed by atoms with E-state index in [-0.39, 0.29) is 5.95 Å². The second-order valence-electron chi connectivity index (χ2n) is 8.28. The number of nitrogens with two attached hydrogens (primary N) is 1. The van der Waals surface area contributed by atoms with E-state index < -0.39 is 0 Å². The molecule has 1 aliphatic heterocycles. The summed E-state index contributed by atoms with van der Waals surface area (Å²) in [4.78, 5) is 15.7. The number of methoxy groups -OCH3 is 1. The molecule has 9 nitrogen and oxygen atoms in total. The first-order valence-corrected chi connectivity index (χ1v) is 11.5. The van der Waals surface area contributed by atoms with Crippen LogP contribution in [0.25, 0.3) is 11.2 Å². The van der Waals surface area contributed by atoms with Crippen LogP contribution in [0, 0.1) is 0 Å². The molecule has 32 heavy (non-hydrogen) atoms. The SMILES string of the molecule is CCCCNc1nc(N)nc2ncn(Cc3ccc(CN4CCCNCC4)cc3OC)c12. The summed E-state index contributed by atoms with van der Waals surface area (Å²) in [6.45, 7) is 8.88. The Morgan fingerprint density at radius 2 is 2.09 bits per heavy atom. The quantitative estimate of drug-likeness (QED) is 0.438. The number of rotatable bonds is 9. The molecule has 3 heterocycles. The summed E-state index contributed by atoms with van der Waals surface area (Å²) in [6, 6.07) is 6.50. The van der Waals surface area contributed by atoms with Crippen LogP contribution in [0.3, 0.4) is 0 Å². The number of nitrogens with one attached hydrogen (secondary N) is 2. The van der Waals surface area contributed by atoms with E-state index in [4.69, 9.17) is 10.5 Å². The highest BCUT2D eigenvalue weighted by atomic mass is 16.5. The molecule has 0 atom stereocenters. The number of imidazole rings is 1. The Bertz CT molecular complexity index is 1030. The first-order valence-electron chi connectivity index (χ1n) is 11.5. The van der Waals surface area contributed by atoms with Crippen molar-refractivity contribution >= 4 is 22.9 Å². The van der Waals surface area contributed by atoms with E-state index in [0.717, 1.165) is 74.8 Å². The molecule has 1 fully saturated rings. The van der Waals surface area contributed by atoms with Crippen LogP contribution in [-0.2, 0) is 13.1 Å². The molecule has 1 aromatic carbocycles. The molecule has 0 saturated carbocycles.